The molecule has 1 aromatic rings. The SMILES string of the molecule is CC(=O)CCCOC(=O)c1ccsc1. The van der Waals surface area contributed by atoms with Gasteiger partial charge >= 0.3 is 5.97 Å². The summed E-state index contributed by atoms with van der Waals surface area (Å²) in [6.45, 7) is 1.84. The van der Waals surface area contributed by atoms with Crippen molar-refractivity contribution in [1.82, 2.24) is 0 Å². The molecule has 0 saturated carbocycles. The molecule has 14 heavy (non-hydrogen) atoms. The zero-order valence-electron chi connectivity index (χ0n) is 7.99. The van der Waals surface area contributed by atoms with E-state index in [4.69, 9.17) is 4.74 Å². The number of esters is 1. The van der Waals surface area contributed by atoms with Gasteiger partial charge in [0.15, 0.2) is 0 Å². The van der Waals surface area contributed by atoms with Crippen molar-refractivity contribution >= 4 is 23.1 Å². The average Bonchev–Trinajstić information content (AvgIpc) is 2.64. The maximum Gasteiger partial charge on any atom is 0.338 e. The van der Waals surface area contributed by atoms with Gasteiger partial charge in [-0.05, 0) is 24.8 Å². The van der Waals surface area contributed by atoms with E-state index in [1.165, 1.54) is 18.3 Å². The van der Waals surface area contributed by atoms with E-state index in [9.17, 15) is 9.59 Å². The highest BCUT2D eigenvalue weighted by Crippen LogP contribution is 2.07. The largest absolute Gasteiger partial charge is 0.462 e. The zero-order chi connectivity index (χ0) is 10.4. The van der Waals surface area contributed by atoms with Crippen molar-refractivity contribution in [3.05, 3.63) is 22.4 Å². The summed E-state index contributed by atoms with van der Waals surface area (Å²) in [5.74, 6) is -0.189. The van der Waals surface area contributed by atoms with E-state index in [0.717, 1.165) is 0 Å². The number of ketones is 1. The molecule has 0 N–H and O–H groups in total. The summed E-state index contributed by atoms with van der Waals surface area (Å²) >= 11 is 1.46. The van der Waals surface area contributed by atoms with Crippen LogP contribution in [0.4, 0.5) is 0 Å². The van der Waals surface area contributed by atoms with Crippen molar-refractivity contribution in [1.29, 1.82) is 0 Å². The molecule has 1 aromatic heterocycles. The molecule has 0 bridgehead atoms. The first-order valence-corrected chi connectivity index (χ1v) is 5.33. The Bertz CT molecular complexity index is 303. The van der Waals surface area contributed by atoms with E-state index in [1.807, 2.05) is 5.38 Å². The van der Waals surface area contributed by atoms with Gasteiger partial charge in [0, 0.05) is 11.8 Å². The summed E-state index contributed by atoms with van der Waals surface area (Å²) in [4.78, 5) is 21.8. The van der Waals surface area contributed by atoms with Crippen LogP contribution in [0.2, 0.25) is 0 Å². The number of hydrogen-bond donors (Lipinski definition) is 0. The summed E-state index contributed by atoms with van der Waals surface area (Å²) < 4.78 is 4.95. The quantitative estimate of drug-likeness (QED) is 0.555. The van der Waals surface area contributed by atoms with Crippen molar-refractivity contribution in [3.63, 3.8) is 0 Å². The van der Waals surface area contributed by atoms with E-state index < -0.39 is 0 Å². The number of ether oxygens (including phenoxy) is 1. The Hall–Kier alpha value is -1.16. The van der Waals surface area contributed by atoms with Crippen LogP contribution < -0.4 is 0 Å². The first-order valence-electron chi connectivity index (χ1n) is 4.39. The smallest absolute Gasteiger partial charge is 0.338 e. The van der Waals surface area contributed by atoms with Gasteiger partial charge in [-0.1, -0.05) is 0 Å². The molecule has 0 fully saturated rings. The standard InChI is InChI=1S/C10H12O3S/c1-8(11)3-2-5-13-10(12)9-4-6-14-7-9/h4,6-7H,2-3,5H2,1H3. The van der Waals surface area contributed by atoms with Crippen LogP contribution in [-0.2, 0) is 9.53 Å². The minimum atomic E-state index is -0.310. The topological polar surface area (TPSA) is 43.4 Å². The van der Waals surface area contributed by atoms with Crippen molar-refractivity contribution in [2.45, 2.75) is 19.8 Å². The minimum Gasteiger partial charge on any atom is -0.462 e. The Morgan fingerprint density at radius 1 is 1.50 bits per heavy atom. The molecule has 1 rings (SSSR count). The number of Topliss-reactive ketones (excluding diaryl/α,β-unsaturated/α-hetero) is 1. The summed E-state index contributed by atoms with van der Waals surface area (Å²) in [6, 6.07) is 1.72. The third kappa shape index (κ3) is 3.70. The van der Waals surface area contributed by atoms with Crippen LogP contribution in [0.1, 0.15) is 30.1 Å². The fourth-order valence-electron chi connectivity index (χ4n) is 0.950. The van der Waals surface area contributed by atoms with Crippen LogP contribution in [0.25, 0.3) is 0 Å². The predicted octanol–water partition coefficient (Wildman–Crippen LogP) is 2.27. The Morgan fingerprint density at radius 2 is 2.29 bits per heavy atom. The van der Waals surface area contributed by atoms with Crippen LogP contribution in [0.15, 0.2) is 16.8 Å². The average molecular weight is 212 g/mol. The Kier molecular flexibility index (Phi) is 4.32. The summed E-state index contributed by atoms with van der Waals surface area (Å²) in [7, 11) is 0. The van der Waals surface area contributed by atoms with Crippen LogP contribution >= 0.6 is 11.3 Å². The number of thiophene rings is 1. The van der Waals surface area contributed by atoms with Crippen molar-refractivity contribution in [3.8, 4) is 0 Å². The number of carbonyl (C=O) groups is 2. The molecule has 0 spiro atoms. The van der Waals surface area contributed by atoms with Crippen molar-refractivity contribution in [2.24, 2.45) is 0 Å². The second kappa shape index (κ2) is 5.54. The lowest BCUT2D eigenvalue weighted by molar-refractivity contribution is -0.117. The van der Waals surface area contributed by atoms with Crippen LogP contribution in [0.3, 0.4) is 0 Å². The van der Waals surface area contributed by atoms with E-state index in [1.54, 1.807) is 11.4 Å². The Balaban J connectivity index is 2.19. The van der Waals surface area contributed by atoms with Crippen LogP contribution in [0.5, 0.6) is 0 Å². The predicted molar refractivity (Wildman–Crippen MR) is 54.5 cm³/mol. The van der Waals surface area contributed by atoms with Crippen molar-refractivity contribution in [2.75, 3.05) is 6.61 Å². The first-order chi connectivity index (χ1) is 6.70. The molecule has 3 nitrogen and oxygen atoms in total. The molecule has 0 unspecified atom stereocenters. The van der Waals surface area contributed by atoms with Gasteiger partial charge in [-0.15, -0.1) is 0 Å². The number of rotatable bonds is 5. The fraction of sp³-hybridized carbons (Fsp3) is 0.400. The van der Waals surface area contributed by atoms with Gasteiger partial charge < -0.3 is 9.53 Å². The van der Waals surface area contributed by atoms with Gasteiger partial charge in [-0.25, -0.2) is 4.79 Å². The highest BCUT2D eigenvalue weighted by molar-refractivity contribution is 7.08. The molecule has 0 radical (unpaired) electrons. The lowest BCUT2D eigenvalue weighted by Gasteiger charge is -2.01. The number of carbonyl (C=O) groups excluding carboxylic acids is 2. The second-order valence-corrected chi connectivity index (χ2v) is 3.73. The van der Waals surface area contributed by atoms with Gasteiger partial charge in [-0.2, -0.15) is 11.3 Å². The van der Waals surface area contributed by atoms with Gasteiger partial charge in [0.25, 0.3) is 0 Å². The molecule has 0 atom stereocenters. The molecule has 76 valence electrons. The molecule has 0 aliphatic rings. The maximum absolute atomic E-state index is 11.2. The molecule has 1 heterocycles. The van der Waals surface area contributed by atoms with E-state index in [0.29, 0.717) is 25.0 Å². The monoisotopic (exact) mass is 212 g/mol. The van der Waals surface area contributed by atoms with Gasteiger partial charge in [0.05, 0.1) is 12.2 Å². The van der Waals surface area contributed by atoms with Gasteiger partial charge in [0.2, 0.25) is 0 Å². The molecule has 0 aliphatic heterocycles. The Morgan fingerprint density at radius 3 is 2.86 bits per heavy atom. The third-order valence-corrected chi connectivity index (χ3v) is 2.35. The normalized spacial score (nSPS) is 9.79. The van der Waals surface area contributed by atoms with Gasteiger partial charge in [0.1, 0.15) is 5.78 Å². The molecular weight excluding hydrogens is 200 g/mol. The molecule has 0 aliphatic carbocycles. The summed E-state index contributed by atoms with van der Waals surface area (Å²) in [6.07, 6.45) is 1.07. The molecule has 0 saturated heterocycles. The Labute approximate surface area is 86.7 Å². The van der Waals surface area contributed by atoms with E-state index in [2.05, 4.69) is 0 Å². The highest BCUT2D eigenvalue weighted by atomic mass is 32.1. The zero-order valence-corrected chi connectivity index (χ0v) is 8.80. The lowest BCUT2D eigenvalue weighted by Crippen LogP contribution is -2.06. The minimum absolute atomic E-state index is 0.122. The second-order valence-electron chi connectivity index (χ2n) is 2.95. The summed E-state index contributed by atoms with van der Waals surface area (Å²) in [5.41, 5.74) is 0.581. The maximum atomic E-state index is 11.2. The van der Waals surface area contributed by atoms with Crippen molar-refractivity contribution < 1.29 is 14.3 Å². The molecule has 0 amide bonds. The number of hydrogen-bond acceptors (Lipinski definition) is 4. The third-order valence-electron chi connectivity index (χ3n) is 1.66. The lowest BCUT2D eigenvalue weighted by atomic mass is 10.2. The van der Waals surface area contributed by atoms with Crippen LogP contribution in [-0.4, -0.2) is 18.4 Å². The highest BCUT2D eigenvalue weighted by Gasteiger charge is 2.06. The van der Waals surface area contributed by atoms with E-state index >= 15 is 0 Å². The van der Waals surface area contributed by atoms with E-state index in [-0.39, 0.29) is 11.8 Å². The molecular formula is C10H12O3S. The fourth-order valence-corrected chi connectivity index (χ4v) is 1.58. The molecule has 4 heteroatoms. The summed E-state index contributed by atoms with van der Waals surface area (Å²) in [5, 5.41) is 3.57. The molecule has 0 aromatic carbocycles. The van der Waals surface area contributed by atoms with Gasteiger partial charge in [-0.3, -0.25) is 0 Å². The van der Waals surface area contributed by atoms with Crippen LogP contribution in [0, 0.1) is 0 Å². The first kappa shape index (κ1) is 10.9.